The fourth-order valence-electron chi connectivity index (χ4n) is 3.13. The maximum absolute atomic E-state index is 12.6. The zero-order chi connectivity index (χ0) is 13.7. The zero-order valence-corrected chi connectivity index (χ0v) is 11.4. The van der Waals surface area contributed by atoms with Crippen molar-refractivity contribution in [2.75, 3.05) is 6.54 Å². The lowest BCUT2D eigenvalue weighted by Gasteiger charge is -2.38. The average molecular weight is 265 g/mol. The van der Waals surface area contributed by atoms with Gasteiger partial charge < -0.3 is 10.0 Å². The first-order chi connectivity index (χ1) is 9.18. The van der Waals surface area contributed by atoms with Crippen molar-refractivity contribution in [3.63, 3.8) is 0 Å². The van der Waals surface area contributed by atoms with Gasteiger partial charge in [0.2, 0.25) is 5.91 Å². The topological polar surface area (TPSA) is 57.6 Å². The number of carboxylic acid groups (broad SMARTS) is 1. The van der Waals surface area contributed by atoms with Crippen molar-refractivity contribution in [3.8, 4) is 0 Å². The molecule has 19 heavy (non-hydrogen) atoms. The number of carbonyl (C=O) groups excluding carboxylic acids is 1. The lowest BCUT2D eigenvalue weighted by atomic mass is 9.90. The maximum atomic E-state index is 12.6. The van der Waals surface area contributed by atoms with Crippen LogP contribution >= 0.6 is 0 Å². The number of amides is 1. The highest BCUT2D eigenvalue weighted by molar-refractivity contribution is 5.79. The molecule has 2 unspecified atom stereocenters. The van der Waals surface area contributed by atoms with Crippen LogP contribution in [0.4, 0.5) is 0 Å². The van der Waals surface area contributed by atoms with Gasteiger partial charge >= 0.3 is 5.97 Å². The quantitative estimate of drug-likeness (QED) is 0.795. The highest BCUT2D eigenvalue weighted by Crippen LogP contribution is 2.27. The van der Waals surface area contributed by atoms with Gasteiger partial charge in [-0.05, 0) is 44.9 Å². The standard InChI is InChI=1S/C15H23NO3/c17-14(18)10-9-13-8-4-5-11-16(13)15(19)12-6-2-1-3-7-12/h1-2,12-13H,3-11H2,(H,17,18). The van der Waals surface area contributed by atoms with E-state index in [1.54, 1.807) is 0 Å². The van der Waals surface area contributed by atoms with E-state index in [4.69, 9.17) is 5.11 Å². The third-order valence-electron chi connectivity index (χ3n) is 4.22. The molecule has 4 nitrogen and oxygen atoms in total. The summed E-state index contributed by atoms with van der Waals surface area (Å²) in [7, 11) is 0. The molecular formula is C15H23NO3. The predicted molar refractivity (Wildman–Crippen MR) is 72.7 cm³/mol. The van der Waals surface area contributed by atoms with Crippen molar-refractivity contribution in [2.24, 2.45) is 5.92 Å². The Balaban J connectivity index is 1.95. The predicted octanol–water partition coefficient (Wildman–Crippen LogP) is 2.59. The largest absolute Gasteiger partial charge is 0.481 e. The van der Waals surface area contributed by atoms with Gasteiger partial charge in [-0.1, -0.05) is 12.2 Å². The number of piperidine rings is 1. The van der Waals surface area contributed by atoms with E-state index in [-0.39, 0.29) is 24.3 Å². The third-order valence-corrected chi connectivity index (χ3v) is 4.22. The molecule has 0 aromatic rings. The highest BCUT2D eigenvalue weighted by atomic mass is 16.4. The summed E-state index contributed by atoms with van der Waals surface area (Å²) >= 11 is 0. The molecule has 0 bridgehead atoms. The van der Waals surface area contributed by atoms with Crippen molar-refractivity contribution in [1.29, 1.82) is 0 Å². The van der Waals surface area contributed by atoms with Gasteiger partial charge in [-0.15, -0.1) is 0 Å². The van der Waals surface area contributed by atoms with Crippen molar-refractivity contribution in [1.82, 2.24) is 4.90 Å². The summed E-state index contributed by atoms with van der Waals surface area (Å²) < 4.78 is 0. The van der Waals surface area contributed by atoms with Gasteiger partial charge in [-0.3, -0.25) is 9.59 Å². The van der Waals surface area contributed by atoms with Gasteiger partial charge in [-0.2, -0.15) is 0 Å². The summed E-state index contributed by atoms with van der Waals surface area (Å²) in [5, 5.41) is 8.81. The van der Waals surface area contributed by atoms with Crippen LogP contribution in [-0.4, -0.2) is 34.5 Å². The van der Waals surface area contributed by atoms with E-state index in [9.17, 15) is 9.59 Å². The SMILES string of the molecule is O=C(O)CCC1CCCCN1C(=O)C1CC=CCC1. The second-order valence-corrected chi connectivity index (χ2v) is 5.60. The van der Waals surface area contributed by atoms with Crippen LogP contribution < -0.4 is 0 Å². The lowest BCUT2D eigenvalue weighted by Crippen LogP contribution is -2.46. The Kier molecular flexibility index (Phi) is 5.00. The Morgan fingerprint density at radius 2 is 2.05 bits per heavy atom. The fraction of sp³-hybridized carbons (Fsp3) is 0.733. The third kappa shape index (κ3) is 3.82. The van der Waals surface area contributed by atoms with Crippen LogP contribution in [0.25, 0.3) is 0 Å². The van der Waals surface area contributed by atoms with Gasteiger partial charge in [0.1, 0.15) is 0 Å². The van der Waals surface area contributed by atoms with Crippen LogP contribution in [0.2, 0.25) is 0 Å². The number of nitrogens with zero attached hydrogens (tertiary/aromatic N) is 1. The Hall–Kier alpha value is -1.32. The lowest BCUT2D eigenvalue weighted by molar-refractivity contribution is -0.142. The van der Waals surface area contributed by atoms with Gasteiger partial charge in [-0.25, -0.2) is 0 Å². The van der Waals surface area contributed by atoms with Crippen molar-refractivity contribution in [3.05, 3.63) is 12.2 Å². The second kappa shape index (κ2) is 6.73. The average Bonchev–Trinajstić information content (AvgIpc) is 2.45. The van der Waals surface area contributed by atoms with Crippen LogP contribution in [0.15, 0.2) is 12.2 Å². The van der Waals surface area contributed by atoms with E-state index in [0.717, 1.165) is 45.1 Å². The number of likely N-dealkylation sites (tertiary alicyclic amines) is 1. The number of carbonyl (C=O) groups is 2. The van der Waals surface area contributed by atoms with E-state index < -0.39 is 5.97 Å². The van der Waals surface area contributed by atoms with Crippen LogP contribution in [0, 0.1) is 5.92 Å². The van der Waals surface area contributed by atoms with E-state index in [1.807, 2.05) is 4.90 Å². The zero-order valence-electron chi connectivity index (χ0n) is 11.4. The molecule has 0 radical (unpaired) electrons. The summed E-state index contributed by atoms with van der Waals surface area (Å²) in [5.74, 6) is -0.395. The molecule has 0 saturated carbocycles. The number of rotatable bonds is 4. The first kappa shape index (κ1) is 14.1. The monoisotopic (exact) mass is 265 g/mol. The second-order valence-electron chi connectivity index (χ2n) is 5.60. The Morgan fingerprint density at radius 3 is 2.74 bits per heavy atom. The van der Waals surface area contributed by atoms with Gasteiger partial charge in [0.05, 0.1) is 0 Å². The van der Waals surface area contributed by atoms with E-state index in [2.05, 4.69) is 12.2 Å². The molecule has 1 aliphatic carbocycles. The first-order valence-corrected chi connectivity index (χ1v) is 7.35. The molecule has 0 aromatic carbocycles. The molecule has 0 spiro atoms. The Bertz CT molecular complexity index is 364. The van der Waals surface area contributed by atoms with Crippen LogP contribution in [0.3, 0.4) is 0 Å². The number of hydrogen-bond acceptors (Lipinski definition) is 2. The minimum absolute atomic E-state index is 0.121. The maximum Gasteiger partial charge on any atom is 0.303 e. The van der Waals surface area contributed by atoms with Crippen molar-refractivity contribution in [2.45, 2.75) is 57.4 Å². The van der Waals surface area contributed by atoms with Gasteiger partial charge in [0.25, 0.3) is 0 Å². The fourth-order valence-corrected chi connectivity index (χ4v) is 3.13. The normalized spacial score (nSPS) is 27.3. The Labute approximate surface area is 114 Å². The summed E-state index contributed by atoms with van der Waals surface area (Å²) in [4.78, 5) is 25.2. The molecule has 4 heteroatoms. The minimum atomic E-state index is -0.765. The highest BCUT2D eigenvalue weighted by Gasteiger charge is 2.31. The minimum Gasteiger partial charge on any atom is -0.481 e. The molecule has 2 rings (SSSR count). The smallest absolute Gasteiger partial charge is 0.303 e. The molecule has 2 aliphatic rings. The van der Waals surface area contributed by atoms with E-state index in [1.165, 1.54) is 0 Å². The Morgan fingerprint density at radius 1 is 1.21 bits per heavy atom. The molecule has 106 valence electrons. The van der Waals surface area contributed by atoms with E-state index >= 15 is 0 Å². The molecule has 0 aromatic heterocycles. The van der Waals surface area contributed by atoms with Gasteiger partial charge in [0, 0.05) is 24.9 Å². The van der Waals surface area contributed by atoms with Crippen LogP contribution in [0.1, 0.15) is 51.4 Å². The van der Waals surface area contributed by atoms with Crippen molar-refractivity contribution < 1.29 is 14.7 Å². The van der Waals surface area contributed by atoms with Gasteiger partial charge in [0.15, 0.2) is 0 Å². The summed E-state index contributed by atoms with van der Waals surface area (Å²) in [5.41, 5.74) is 0. The molecule has 1 saturated heterocycles. The number of allylic oxidation sites excluding steroid dienone is 2. The molecule has 1 fully saturated rings. The summed E-state index contributed by atoms with van der Waals surface area (Å²) in [6.45, 7) is 0.809. The summed E-state index contributed by atoms with van der Waals surface area (Å²) in [6.07, 6.45) is 10.9. The molecule has 1 amide bonds. The van der Waals surface area contributed by atoms with Crippen LogP contribution in [-0.2, 0) is 9.59 Å². The molecule has 2 atom stereocenters. The number of hydrogen-bond donors (Lipinski definition) is 1. The van der Waals surface area contributed by atoms with E-state index in [0.29, 0.717) is 6.42 Å². The molecular weight excluding hydrogens is 242 g/mol. The van der Waals surface area contributed by atoms with Crippen LogP contribution in [0.5, 0.6) is 0 Å². The molecule has 1 heterocycles. The number of aliphatic carboxylic acids is 1. The molecule has 1 aliphatic heterocycles. The van der Waals surface area contributed by atoms with Crippen molar-refractivity contribution >= 4 is 11.9 Å². The first-order valence-electron chi connectivity index (χ1n) is 7.35. The summed E-state index contributed by atoms with van der Waals surface area (Å²) in [6, 6.07) is 0.142. The number of carboxylic acids is 1. The molecule has 1 N–H and O–H groups in total.